The van der Waals surface area contributed by atoms with Crippen LogP contribution in [0.4, 0.5) is 5.69 Å². The Bertz CT molecular complexity index is 413. The molecule has 0 aliphatic carbocycles. The Kier molecular flexibility index (Phi) is 3.13. The molecule has 0 heterocycles. The molecule has 1 rings (SSSR count). The molecule has 0 bridgehead atoms. The molecule has 14 heavy (non-hydrogen) atoms. The summed E-state index contributed by atoms with van der Waals surface area (Å²) in [4.78, 5) is 0. The summed E-state index contributed by atoms with van der Waals surface area (Å²) >= 11 is 0. The molecule has 0 aliphatic heterocycles. The predicted molar refractivity (Wildman–Crippen MR) is 57.2 cm³/mol. The Balaban J connectivity index is 2.96. The van der Waals surface area contributed by atoms with Crippen LogP contribution >= 0.6 is 0 Å². The molecule has 0 saturated carbocycles. The Morgan fingerprint density at radius 2 is 1.86 bits per heavy atom. The fraction of sp³-hybridized carbons (Fsp3) is 0.333. The zero-order valence-electron chi connectivity index (χ0n) is 8.27. The Hall–Kier alpha value is -1.07. The lowest BCUT2D eigenvalue weighted by Gasteiger charge is -2.12. The number of nitrogen functional groups attached to an aromatic ring is 1. The van der Waals surface area contributed by atoms with Gasteiger partial charge in [-0.05, 0) is 11.6 Å². The van der Waals surface area contributed by atoms with Crippen LogP contribution in [0.1, 0.15) is 5.56 Å². The number of sulfonamides is 1. The van der Waals surface area contributed by atoms with Crippen molar-refractivity contribution in [2.45, 2.75) is 5.75 Å². The van der Waals surface area contributed by atoms with E-state index in [4.69, 9.17) is 5.73 Å². The highest BCUT2D eigenvalue weighted by molar-refractivity contribution is 7.88. The highest BCUT2D eigenvalue weighted by Gasteiger charge is 2.15. The molecule has 2 N–H and O–H groups in total. The van der Waals surface area contributed by atoms with E-state index in [1.165, 1.54) is 18.4 Å². The number of nitrogens with zero attached hydrogens (tertiary/aromatic N) is 1. The van der Waals surface area contributed by atoms with E-state index in [2.05, 4.69) is 0 Å². The lowest BCUT2D eigenvalue weighted by molar-refractivity contribution is 0.520. The fourth-order valence-corrected chi connectivity index (χ4v) is 1.91. The van der Waals surface area contributed by atoms with Crippen LogP contribution in [0.3, 0.4) is 0 Å². The first-order valence-electron chi connectivity index (χ1n) is 4.17. The molecular formula is C9H14N2O2S. The molecule has 0 fully saturated rings. The van der Waals surface area contributed by atoms with E-state index in [1.807, 2.05) is 0 Å². The normalized spacial score (nSPS) is 11.9. The zero-order chi connectivity index (χ0) is 10.8. The topological polar surface area (TPSA) is 63.4 Å². The van der Waals surface area contributed by atoms with Crippen molar-refractivity contribution in [3.05, 3.63) is 29.8 Å². The molecule has 0 aliphatic rings. The number of nitrogens with two attached hydrogens (primary N) is 1. The fourth-order valence-electron chi connectivity index (χ4n) is 0.991. The van der Waals surface area contributed by atoms with Crippen molar-refractivity contribution in [1.29, 1.82) is 0 Å². The van der Waals surface area contributed by atoms with Gasteiger partial charge in [-0.15, -0.1) is 0 Å². The van der Waals surface area contributed by atoms with Crippen molar-refractivity contribution in [3.8, 4) is 0 Å². The molecular weight excluding hydrogens is 200 g/mol. The summed E-state index contributed by atoms with van der Waals surface area (Å²) < 4.78 is 24.2. The van der Waals surface area contributed by atoms with Crippen LogP contribution in [0.2, 0.25) is 0 Å². The van der Waals surface area contributed by atoms with E-state index in [0.717, 1.165) is 0 Å². The second kappa shape index (κ2) is 3.98. The molecule has 1 aromatic carbocycles. The predicted octanol–water partition coefficient (Wildman–Crippen LogP) is 0.660. The molecule has 0 aromatic heterocycles. The van der Waals surface area contributed by atoms with Gasteiger partial charge in [-0.3, -0.25) is 0 Å². The first-order valence-corrected chi connectivity index (χ1v) is 5.78. The number of hydrogen-bond donors (Lipinski definition) is 1. The summed E-state index contributed by atoms with van der Waals surface area (Å²) in [7, 11) is -0.204. The van der Waals surface area contributed by atoms with E-state index in [1.54, 1.807) is 24.3 Å². The molecule has 78 valence electrons. The molecule has 4 nitrogen and oxygen atoms in total. The minimum absolute atomic E-state index is 0.0489. The van der Waals surface area contributed by atoms with Crippen LogP contribution in [-0.2, 0) is 15.8 Å². The molecule has 0 radical (unpaired) electrons. The van der Waals surface area contributed by atoms with Gasteiger partial charge >= 0.3 is 0 Å². The maximum absolute atomic E-state index is 11.5. The van der Waals surface area contributed by atoms with Crippen molar-refractivity contribution in [2.75, 3.05) is 19.8 Å². The number of para-hydroxylation sites is 1. The maximum atomic E-state index is 11.5. The minimum Gasteiger partial charge on any atom is -0.398 e. The second-order valence-corrected chi connectivity index (χ2v) is 5.42. The number of rotatable bonds is 3. The summed E-state index contributed by atoms with van der Waals surface area (Å²) in [5, 5.41) is 0. The van der Waals surface area contributed by atoms with Gasteiger partial charge in [0.15, 0.2) is 0 Å². The van der Waals surface area contributed by atoms with Gasteiger partial charge in [0.25, 0.3) is 0 Å². The van der Waals surface area contributed by atoms with E-state index < -0.39 is 10.0 Å². The van der Waals surface area contributed by atoms with Gasteiger partial charge in [-0.2, -0.15) is 0 Å². The van der Waals surface area contributed by atoms with E-state index >= 15 is 0 Å². The van der Waals surface area contributed by atoms with Crippen LogP contribution < -0.4 is 5.73 Å². The number of hydrogen-bond acceptors (Lipinski definition) is 3. The van der Waals surface area contributed by atoms with E-state index in [9.17, 15) is 8.42 Å². The van der Waals surface area contributed by atoms with Gasteiger partial charge in [0.1, 0.15) is 0 Å². The largest absolute Gasteiger partial charge is 0.398 e. The second-order valence-electron chi connectivity index (χ2n) is 3.24. The summed E-state index contributed by atoms with van der Waals surface area (Å²) in [5.74, 6) is -0.0489. The average molecular weight is 214 g/mol. The summed E-state index contributed by atoms with van der Waals surface area (Å²) in [5.41, 5.74) is 6.80. The van der Waals surface area contributed by atoms with Crippen LogP contribution in [0.5, 0.6) is 0 Å². The van der Waals surface area contributed by atoms with Crippen LogP contribution in [-0.4, -0.2) is 26.8 Å². The SMILES string of the molecule is CN(C)S(=O)(=O)Cc1ccccc1N. The third-order valence-electron chi connectivity index (χ3n) is 1.95. The smallest absolute Gasteiger partial charge is 0.217 e. The molecule has 0 unspecified atom stereocenters. The number of benzene rings is 1. The van der Waals surface area contributed by atoms with Gasteiger partial charge in [0.05, 0.1) is 5.75 Å². The van der Waals surface area contributed by atoms with Gasteiger partial charge in [0, 0.05) is 19.8 Å². The van der Waals surface area contributed by atoms with Gasteiger partial charge in [-0.25, -0.2) is 12.7 Å². The van der Waals surface area contributed by atoms with Crippen LogP contribution in [0, 0.1) is 0 Å². The van der Waals surface area contributed by atoms with E-state index in [-0.39, 0.29) is 5.75 Å². The first-order chi connectivity index (χ1) is 6.43. The quantitative estimate of drug-likeness (QED) is 0.752. The molecule has 0 amide bonds. The maximum Gasteiger partial charge on any atom is 0.217 e. The highest BCUT2D eigenvalue weighted by atomic mass is 32.2. The average Bonchev–Trinajstić information content (AvgIpc) is 2.08. The van der Waals surface area contributed by atoms with Crippen molar-refractivity contribution >= 4 is 15.7 Å². The molecule has 0 saturated heterocycles. The Morgan fingerprint density at radius 1 is 1.29 bits per heavy atom. The molecule has 0 spiro atoms. The van der Waals surface area contributed by atoms with Crippen LogP contribution in [0.25, 0.3) is 0 Å². The minimum atomic E-state index is -3.22. The van der Waals surface area contributed by atoms with Crippen molar-refractivity contribution in [3.63, 3.8) is 0 Å². The standard InChI is InChI=1S/C9H14N2O2S/c1-11(2)14(12,13)7-8-5-3-4-6-9(8)10/h3-6H,7,10H2,1-2H3. The van der Waals surface area contributed by atoms with Crippen molar-refractivity contribution in [2.24, 2.45) is 0 Å². The lowest BCUT2D eigenvalue weighted by Crippen LogP contribution is -2.24. The lowest BCUT2D eigenvalue weighted by atomic mass is 10.2. The van der Waals surface area contributed by atoms with Gasteiger partial charge in [0.2, 0.25) is 10.0 Å². The Morgan fingerprint density at radius 3 is 2.36 bits per heavy atom. The van der Waals surface area contributed by atoms with Gasteiger partial charge < -0.3 is 5.73 Å². The molecule has 0 atom stereocenters. The monoisotopic (exact) mass is 214 g/mol. The number of anilines is 1. The molecule has 1 aromatic rings. The summed E-state index contributed by atoms with van der Waals surface area (Å²) in [6, 6.07) is 6.97. The third-order valence-corrected chi connectivity index (χ3v) is 3.74. The Labute approximate surface area is 84.4 Å². The molecule has 5 heteroatoms. The van der Waals surface area contributed by atoms with Gasteiger partial charge in [-0.1, -0.05) is 18.2 Å². The third kappa shape index (κ3) is 2.46. The summed E-state index contributed by atoms with van der Waals surface area (Å²) in [6.07, 6.45) is 0. The summed E-state index contributed by atoms with van der Waals surface area (Å²) in [6.45, 7) is 0. The van der Waals surface area contributed by atoms with Crippen molar-refractivity contribution < 1.29 is 8.42 Å². The first kappa shape index (κ1) is 11.0. The zero-order valence-corrected chi connectivity index (χ0v) is 9.08. The highest BCUT2D eigenvalue weighted by Crippen LogP contribution is 2.15. The van der Waals surface area contributed by atoms with Crippen molar-refractivity contribution in [1.82, 2.24) is 4.31 Å². The van der Waals surface area contributed by atoms with Crippen LogP contribution in [0.15, 0.2) is 24.3 Å². The van der Waals surface area contributed by atoms with E-state index in [0.29, 0.717) is 11.3 Å².